The Morgan fingerprint density at radius 1 is 1.19 bits per heavy atom. The molecule has 0 saturated heterocycles. The molecule has 0 radical (unpaired) electrons. The molecular weight excluding hydrogens is 218 g/mol. The standard InChI is InChI=1S/C12H13N3S/c1-16-12-5-3-2-4-11(12)15-8-10-6-13-9-14-7-10/h2-7,9,15H,8H2,1H3. The Bertz CT molecular complexity index is 445. The Kier molecular flexibility index (Phi) is 3.77. The van der Waals surface area contributed by atoms with Crippen molar-refractivity contribution in [1.82, 2.24) is 9.97 Å². The van der Waals surface area contributed by atoms with Crippen molar-refractivity contribution >= 4 is 17.4 Å². The van der Waals surface area contributed by atoms with E-state index in [1.165, 1.54) is 4.90 Å². The molecular formula is C12H13N3S. The zero-order valence-corrected chi connectivity index (χ0v) is 9.87. The van der Waals surface area contributed by atoms with Crippen molar-refractivity contribution in [2.24, 2.45) is 0 Å². The Balaban J connectivity index is 2.05. The van der Waals surface area contributed by atoms with Gasteiger partial charge in [-0.3, -0.25) is 0 Å². The number of thioether (sulfide) groups is 1. The van der Waals surface area contributed by atoms with Gasteiger partial charge in [0.25, 0.3) is 0 Å². The van der Waals surface area contributed by atoms with Gasteiger partial charge in [0.1, 0.15) is 6.33 Å². The molecule has 0 unspecified atom stereocenters. The van der Waals surface area contributed by atoms with Crippen LogP contribution in [0.3, 0.4) is 0 Å². The summed E-state index contributed by atoms with van der Waals surface area (Å²) in [7, 11) is 0. The average molecular weight is 231 g/mol. The van der Waals surface area contributed by atoms with Gasteiger partial charge in [0.2, 0.25) is 0 Å². The minimum absolute atomic E-state index is 0.748. The van der Waals surface area contributed by atoms with Gasteiger partial charge in [-0.05, 0) is 18.4 Å². The van der Waals surface area contributed by atoms with Crippen molar-refractivity contribution < 1.29 is 0 Å². The molecule has 1 heterocycles. The van der Waals surface area contributed by atoms with Gasteiger partial charge in [-0.2, -0.15) is 0 Å². The summed E-state index contributed by atoms with van der Waals surface area (Å²) < 4.78 is 0. The van der Waals surface area contributed by atoms with Crippen LogP contribution >= 0.6 is 11.8 Å². The van der Waals surface area contributed by atoms with Crippen molar-refractivity contribution in [3.05, 3.63) is 48.5 Å². The first-order valence-electron chi connectivity index (χ1n) is 5.01. The maximum absolute atomic E-state index is 3.98. The largest absolute Gasteiger partial charge is 0.380 e. The van der Waals surface area contributed by atoms with Crippen LogP contribution < -0.4 is 5.32 Å². The van der Waals surface area contributed by atoms with E-state index in [0.717, 1.165) is 17.8 Å². The highest BCUT2D eigenvalue weighted by Crippen LogP contribution is 2.24. The second-order valence-corrected chi connectivity index (χ2v) is 4.15. The van der Waals surface area contributed by atoms with Crippen LogP contribution in [0, 0.1) is 0 Å². The number of rotatable bonds is 4. The second-order valence-electron chi connectivity index (χ2n) is 3.30. The molecule has 82 valence electrons. The molecule has 0 spiro atoms. The van der Waals surface area contributed by atoms with Crippen molar-refractivity contribution in [1.29, 1.82) is 0 Å². The summed E-state index contributed by atoms with van der Waals surface area (Å²) in [4.78, 5) is 9.22. The van der Waals surface area contributed by atoms with Gasteiger partial charge in [0.05, 0.1) is 0 Å². The van der Waals surface area contributed by atoms with E-state index < -0.39 is 0 Å². The number of para-hydroxylation sites is 1. The van der Waals surface area contributed by atoms with Crippen molar-refractivity contribution in [2.75, 3.05) is 11.6 Å². The highest BCUT2D eigenvalue weighted by atomic mass is 32.2. The SMILES string of the molecule is CSc1ccccc1NCc1cncnc1. The van der Waals surface area contributed by atoms with E-state index in [0.29, 0.717) is 0 Å². The van der Waals surface area contributed by atoms with Gasteiger partial charge >= 0.3 is 0 Å². The molecule has 0 amide bonds. The van der Waals surface area contributed by atoms with Crippen molar-refractivity contribution in [3.8, 4) is 0 Å². The summed E-state index contributed by atoms with van der Waals surface area (Å²) in [6, 6.07) is 8.26. The summed E-state index contributed by atoms with van der Waals surface area (Å²) in [6.45, 7) is 0.748. The van der Waals surface area contributed by atoms with Crippen molar-refractivity contribution in [2.45, 2.75) is 11.4 Å². The molecule has 0 aliphatic carbocycles. The predicted molar refractivity (Wildman–Crippen MR) is 67.6 cm³/mol. The molecule has 0 aliphatic heterocycles. The summed E-state index contributed by atoms with van der Waals surface area (Å²) >= 11 is 1.74. The van der Waals surface area contributed by atoms with Crippen LogP contribution in [0.4, 0.5) is 5.69 Å². The molecule has 4 heteroatoms. The van der Waals surface area contributed by atoms with Crippen LogP contribution in [0.5, 0.6) is 0 Å². The maximum Gasteiger partial charge on any atom is 0.115 e. The van der Waals surface area contributed by atoms with E-state index in [9.17, 15) is 0 Å². The fraction of sp³-hybridized carbons (Fsp3) is 0.167. The van der Waals surface area contributed by atoms with Gasteiger partial charge in [-0.15, -0.1) is 11.8 Å². The molecule has 0 saturated carbocycles. The maximum atomic E-state index is 3.98. The van der Waals surface area contributed by atoms with Crippen LogP contribution in [0.15, 0.2) is 47.9 Å². The summed E-state index contributed by atoms with van der Waals surface area (Å²) in [5.41, 5.74) is 2.23. The van der Waals surface area contributed by atoms with Crippen molar-refractivity contribution in [3.63, 3.8) is 0 Å². The fourth-order valence-electron chi connectivity index (χ4n) is 1.41. The number of benzene rings is 1. The van der Waals surface area contributed by atoms with E-state index in [-0.39, 0.29) is 0 Å². The minimum Gasteiger partial charge on any atom is -0.380 e. The lowest BCUT2D eigenvalue weighted by Crippen LogP contribution is -2.01. The van der Waals surface area contributed by atoms with Gasteiger partial charge in [-0.1, -0.05) is 12.1 Å². The second kappa shape index (κ2) is 5.51. The van der Waals surface area contributed by atoms with Crippen LogP contribution in [0.1, 0.15) is 5.56 Å². The number of aromatic nitrogens is 2. The van der Waals surface area contributed by atoms with Crippen LogP contribution in [-0.2, 0) is 6.54 Å². The van der Waals surface area contributed by atoms with Gasteiger partial charge < -0.3 is 5.32 Å². The average Bonchev–Trinajstić information content (AvgIpc) is 2.38. The first-order valence-corrected chi connectivity index (χ1v) is 6.23. The third-order valence-corrected chi connectivity index (χ3v) is 3.00. The number of anilines is 1. The number of hydrogen-bond donors (Lipinski definition) is 1. The molecule has 1 N–H and O–H groups in total. The molecule has 1 aromatic heterocycles. The van der Waals surface area contributed by atoms with E-state index >= 15 is 0 Å². The monoisotopic (exact) mass is 231 g/mol. The minimum atomic E-state index is 0.748. The molecule has 3 nitrogen and oxygen atoms in total. The Hall–Kier alpha value is -1.55. The molecule has 2 rings (SSSR count). The third-order valence-electron chi connectivity index (χ3n) is 2.20. The van der Waals surface area contributed by atoms with Crippen LogP contribution in [0.2, 0.25) is 0 Å². The Morgan fingerprint density at radius 3 is 2.69 bits per heavy atom. The summed E-state index contributed by atoms with van der Waals surface area (Å²) in [5, 5.41) is 3.38. The first kappa shape index (κ1) is 11.0. The molecule has 0 fully saturated rings. The zero-order valence-electron chi connectivity index (χ0n) is 9.05. The highest BCUT2D eigenvalue weighted by Gasteiger charge is 1.99. The summed E-state index contributed by atoms with van der Waals surface area (Å²) in [5.74, 6) is 0. The molecule has 16 heavy (non-hydrogen) atoms. The van der Waals surface area contributed by atoms with Gasteiger partial charge in [-0.25, -0.2) is 9.97 Å². The lowest BCUT2D eigenvalue weighted by Gasteiger charge is -2.09. The topological polar surface area (TPSA) is 37.8 Å². The number of hydrogen-bond acceptors (Lipinski definition) is 4. The van der Waals surface area contributed by atoms with Crippen LogP contribution in [-0.4, -0.2) is 16.2 Å². The highest BCUT2D eigenvalue weighted by molar-refractivity contribution is 7.98. The first-order chi connectivity index (χ1) is 7.90. The third kappa shape index (κ3) is 2.73. The smallest absolute Gasteiger partial charge is 0.115 e. The van der Waals surface area contributed by atoms with Gasteiger partial charge in [0.15, 0.2) is 0 Å². The lowest BCUT2D eigenvalue weighted by atomic mass is 10.3. The van der Waals surface area contributed by atoms with E-state index in [4.69, 9.17) is 0 Å². The van der Waals surface area contributed by atoms with Crippen LogP contribution in [0.25, 0.3) is 0 Å². The molecule has 0 bridgehead atoms. The lowest BCUT2D eigenvalue weighted by molar-refractivity contribution is 1.05. The summed E-state index contributed by atoms with van der Waals surface area (Å²) in [6.07, 6.45) is 7.26. The number of nitrogens with zero attached hydrogens (tertiary/aromatic N) is 2. The Labute approximate surface area is 99.3 Å². The fourth-order valence-corrected chi connectivity index (χ4v) is 1.98. The van der Waals surface area contributed by atoms with Gasteiger partial charge in [0, 0.05) is 35.1 Å². The molecule has 1 aromatic carbocycles. The molecule has 0 aliphatic rings. The van der Waals surface area contributed by atoms with E-state index in [1.54, 1.807) is 18.1 Å². The van der Waals surface area contributed by atoms with E-state index in [1.807, 2.05) is 24.5 Å². The predicted octanol–water partition coefficient (Wildman–Crippen LogP) is 2.81. The normalized spacial score (nSPS) is 10.1. The quantitative estimate of drug-likeness (QED) is 0.821. The van der Waals surface area contributed by atoms with E-state index in [2.05, 4.69) is 33.7 Å². The molecule has 0 atom stereocenters. The molecule has 2 aromatic rings. The zero-order chi connectivity index (χ0) is 11.2. The Morgan fingerprint density at radius 2 is 1.94 bits per heavy atom. The number of nitrogens with one attached hydrogen (secondary N) is 1.